The minimum atomic E-state index is -1.03. The van der Waals surface area contributed by atoms with Gasteiger partial charge >= 0.3 is 0 Å². The van der Waals surface area contributed by atoms with Gasteiger partial charge < -0.3 is 15.5 Å². The van der Waals surface area contributed by atoms with Crippen molar-refractivity contribution in [3.8, 4) is 0 Å². The second kappa shape index (κ2) is 9.46. The highest BCUT2D eigenvalue weighted by atomic mass is 16.2. The van der Waals surface area contributed by atoms with Crippen molar-refractivity contribution < 1.29 is 14.4 Å². The molecule has 1 aromatic rings. The van der Waals surface area contributed by atoms with Crippen LogP contribution in [0.3, 0.4) is 0 Å². The van der Waals surface area contributed by atoms with Crippen LogP contribution in [0.1, 0.15) is 92.6 Å². The summed E-state index contributed by atoms with van der Waals surface area (Å²) in [5.41, 5.74) is 0.952. The maximum atomic E-state index is 13.2. The average molecular weight is 442 g/mol. The van der Waals surface area contributed by atoms with Crippen molar-refractivity contribution in [2.45, 2.75) is 89.8 Å². The van der Waals surface area contributed by atoms with E-state index in [1.807, 2.05) is 6.92 Å². The molecule has 0 saturated heterocycles. The zero-order valence-electron chi connectivity index (χ0n) is 19.3. The van der Waals surface area contributed by atoms with Crippen LogP contribution < -0.4 is 10.6 Å². The Balaban J connectivity index is 1.45. The third kappa shape index (κ3) is 4.45. The summed E-state index contributed by atoms with van der Waals surface area (Å²) in [6.07, 6.45) is 12.0. The van der Waals surface area contributed by atoms with Gasteiger partial charge in [0.05, 0.1) is 6.54 Å². The van der Waals surface area contributed by atoms with Crippen LogP contribution in [0, 0.1) is 0 Å². The largest absolute Gasteiger partial charge is 0.351 e. The number of nitrogens with zero attached hydrogens (tertiary/aromatic N) is 3. The van der Waals surface area contributed by atoms with Crippen molar-refractivity contribution in [2.24, 2.45) is 0 Å². The van der Waals surface area contributed by atoms with Gasteiger partial charge in [-0.05, 0) is 58.8 Å². The van der Waals surface area contributed by atoms with Crippen LogP contribution in [0.25, 0.3) is 0 Å². The number of carbonyl (C=O) groups excluding carboxylic acids is 3. The molecule has 2 heterocycles. The third-order valence-corrected chi connectivity index (χ3v) is 7.14. The van der Waals surface area contributed by atoms with E-state index in [9.17, 15) is 14.4 Å². The van der Waals surface area contributed by atoms with Gasteiger partial charge in [0.15, 0.2) is 5.69 Å². The summed E-state index contributed by atoms with van der Waals surface area (Å²) < 4.78 is 1.53. The number of nitrogens with one attached hydrogen (secondary N) is 2. The van der Waals surface area contributed by atoms with E-state index in [0.717, 1.165) is 44.9 Å². The lowest BCUT2D eigenvalue weighted by molar-refractivity contribution is -0.133. The zero-order valence-corrected chi connectivity index (χ0v) is 19.3. The molecule has 1 aliphatic heterocycles. The van der Waals surface area contributed by atoms with Crippen LogP contribution in [0.2, 0.25) is 0 Å². The van der Waals surface area contributed by atoms with E-state index in [4.69, 9.17) is 0 Å². The van der Waals surface area contributed by atoms with Crippen molar-refractivity contribution in [3.63, 3.8) is 0 Å². The SMILES string of the molecule is CCN1C(=O)c2cc(C(=O)NCCC3=CCCCC3)nn2C[C@@]1(C)C(=O)NC1CCCC1. The number of aromatic nitrogens is 2. The molecule has 0 unspecified atom stereocenters. The van der Waals surface area contributed by atoms with E-state index >= 15 is 0 Å². The van der Waals surface area contributed by atoms with Crippen LogP contribution in [-0.2, 0) is 11.3 Å². The lowest BCUT2D eigenvalue weighted by atomic mass is 9.94. The van der Waals surface area contributed by atoms with Crippen LogP contribution in [-0.4, -0.2) is 57.1 Å². The van der Waals surface area contributed by atoms with Gasteiger partial charge in [0.1, 0.15) is 11.2 Å². The number of rotatable bonds is 7. The predicted octanol–water partition coefficient (Wildman–Crippen LogP) is 2.80. The molecule has 0 radical (unpaired) electrons. The predicted molar refractivity (Wildman–Crippen MR) is 121 cm³/mol. The molecule has 3 aliphatic rings. The first-order valence-electron chi connectivity index (χ1n) is 12.1. The van der Waals surface area contributed by atoms with Gasteiger partial charge in [-0.2, -0.15) is 5.10 Å². The van der Waals surface area contributed by atoms with Crippen molar-refractivity contribution in [2.75, 3.05) is 13.1 Å². The molecular formula is C24H35N5O3. The van der Waals surface area contributed by atoms with E-state index in [0.29, 0.717) is 18.8 Å². The van der Waals surface area contributed by atoms with E-state index in [2.05, 4.69) is 21.8 Å². The first-order valence-corrected chi connectivity index (χ1v) is 12.1. The molecule has 0 spiro atoms. The van der Waals surface area contributed by atoms with Gasteiger partial charge in [0.2, 0.25) is 5.91 Å². The number of carbonyl (C=O) groups is 3. The Morgan fingerprint density at radius 2 is 2.00 bits per heavy atom. The van der Waals surface area contributed by atoms with Gasteiger partial charge in [-0.1, -0.05) is 24.5 Å². The second-order valence-corrected chi connectivity index (χ2v) is 9.46. The quantitative estimate of drug-likeness (QED) is 0.636. The van der Waals surface area contributed by atoms with Gasteiger partial charge in [0.25, 0.3) is 11.8 Å². The fourth-order valence-electron chi connectivity index (χ4n) is 5.22. The molecular weight excluding hydrogens is 406 g/mol. The summed E-state index contributed by atoms with van der Waals surface area (Å²) in [7, 11) is 0. The van der Waals surface area contributed by atoms with Crippen LogP contribution in [0.5, 0.6) is 0 Å². The normalized spacial score (nSPS) is 23.6. The molecule has 2 aliphatic carbocycles. The summed E-state index contributed by atoms with van der Waals surface area (Å²) in [5, 5.41) is 10.5. The number of hydrogen-bond donors (Lipinski definition) is 2. The maximum absolute atomic E-state index is 13.2. The highest BCUT2D eigenvalue weighted by Gasteiger charge is 2.48. The van der Waals surface area contributed by atoms with Gasteiger partial charge in [0, 0.05) is 25.2 Å². The van der Waals surface area contributed by atoms with E-state index in [1.165, 1.54) is 23.1 Å². The summed E-state index contributed by atoms with van der Waals surface area (Å²) in [4.78, 5) is 40.7. The van der Waals surface area contributed by atoms with E-state index in [-0.39, 0.29) is 36.0 Å². The number of likely N-dealkylation sites (N-methyl/N-ethyl adjacent to an activating group) is 1. The van der Waals surface area contributed by atoms with Crippen molar-refractivity contribution in [1.82, 2.24) is 25.3 Å². The highest BCUT2D eigenvalue weighted by Crippen LogP contribution is 2.28. The number of fused-ring (bicyclic) bond motifs is 1. The molecule has 3 amide bonds. The van der Waals surface area contributed by atoms with E-state index in [1.54, 1.807) is 17.9 Å². The minimum absolute atomic E-state index is 0.146. The Labute approximate surface area is 189 Å². The third-order valence-electron chi connectivity index (χ3n) is 7.14. The Kier molecular flexibility index (Phi) is 6.67. The van der Waals surface area contributed by atoms with Crippen LogP contribution >= 0.6 is 0 Å². The number of hydrogen-bond acceptors (Lipinski definition) is 4. The molecule has 32 heavy (non-hydrogen) atoms. The zero-order chi connectivity index (χ0) is 22.7. The fourth-order valence-corrected chi connectivity index (χ4v) is 5.22. The highest BCUT2D eigenvalue weighted by molar-refractivity contribution is 6.01. The summed E-state index contributed by atoms with van der Waals surface area (Å²) in [5.74, 6) is -0.689. The van der Waals surface area contributed by atoms with E-state index < -0.39 is 5.54 Å². The summed E-state index contributed by atoms with van der Waals surface area (Å²) >= 11 is 0. The number of amides is 3. The lowest BCUT2D eigenvalue weighted by Crippen LogP contribution is -2.64. The minimum Gasteiger partial charge on any atom is -0.351 e. The molecule has 1 saturated carbocycles. The molecule has 8 nitrogen and oxygen atoms in total. The molecule has 2 N–H and O–H groups in total. The summed E-state index contributed by atoms with van der Waals surface area (Å²) in [6, 6.07) is 1.72. The van der Waals surface area contributed by atoms with Crippen molar-refractivity contribution in [3.05, 3.63) is 29.1 Å². The first kappa shape index (κ1) is 22.6. The second-order valence-electron chi connectivity index (χ2n) is 9.46. The Morgan fingerprint density at radius 3 is 2.69 bits per heavy atom. The number of allylic oxidation sites excluding steroid dienone is 1. The maximum Gasteiger partial charge on any atom is 0.273 e. The molecule has 8 heteroatoms. The molecule has 1 fully saturated rings. The summed E-state index contributed by atoms with van der Waals surface area (Å²) in [6.45, 7) is 4.87. The topological polar surface area (TPSA) is 96.3 Å². The van der Waals surface area contributed by atoms with Crippen LogP contribution in [0.15, 0.2) is 17.7 Å². The molecule has 0 aromatic carbocycles. The lowest BCUT2D eigenvalue weighted by Gasteiger charge is -2.43. The van der Waals surface area contributed by atoms with Crippen LogP contribution in [0.4, 0.5) is 0 Å². The van der Waals surface area contributed by atoms with Gasteiger partial charge in [-0.3, -0.25) is 19.1 Å². The molecule has 1 atom stereocenters. The molecule has 1 aromatic heterocycles. The Bertz CT molecular complexity index is 915. The standard InChI is InChI=1S/C24H35N5O3/c1-3-28-22(31)20-15-19(21(30)25-14-13-17-9-5-4-6-10-17)27-29(20)16-24(28,2)23(32)26-18-11-7-8-12-18/h9,15,18H,3-8,10-14,16H2,1-2H3,(H,25,30)(H,26,32)/t24-/m0/s1. The average Bonchev–Trinajstić information content (AvgIpc) is 3.44. The van der Waals surface area contributed by atoms with Gasteiger partial charge in [-0.15, -0.1) is 0 Å². The van der Waals surface area contributed by atoms with Gasteiger partial charge in [-0.25, -0.2) is 0 Å². The molecule has 4 rings (SSSR count). The molecule has 174 valence electrons. The smallest absolute Gasteiger partial charge is 0.273 e. The Hall–Kier alpha value is -2.64. The Morgan fingerprint density at radius 1 is 1.22 bits per heavy atom. The van der Waals surface area contributed by atoms with Crippen molar-refractivity contribution >= 4 is 17.7 Å². The van der Waals surface area contributed by atoms with Crippen molar-refractivity contribution in [1.29, 1.82) is 0 Å². The molecule has 0 bridgehead atoms. The monoisotopic (exact) mass is 441 g/mol. The first-order chi connectivity index (χ1) is 15.4. The fraction of sp³-hybridized carbons (Fsp3) is 0.667.